The van der Waals surface area contributed by atoms with Crippen LogP contribution in [-0.2, 0) is 0 Å². The van der Waals surface area contributed by atoms with Crippen LogP contribution in [0.4, 0.5) is 0 Å². The smallest absolute Gasteiger partial charge is 0.256 e. The second-order valence-corrected chi connectivity index (χ2v) is 7.50. The number of likely N-dealkylation sites (tertiary alicyclic amines) is 1. The number of aromatic nitrogens is 1. The summed E-state index contributed by atoms with van der Waals surface area (Å²) in [6.45, 7) is 1.80. The molecule has 1 aliphatic rings. The minimum atomic E-state index is -0.152. The Kier molecular flexibility index (Phi) is 5.26. The SMILES string of the molecule is CN1CCCC1CCNC(=O)c1cccc(-c2cc3ccccc3[nH]c2=O)c1. The highest BCUT2D eigenvalue weighted by Crippen LogP contribution is 2.21. The molecule has 28 heavy (non-hydrogen) atoms. The maximum Gasteiger partial charge on any atom is 0.256 e. The fourth-order valence-corrected chi connectivity index (χ4v) is 3.99. The van der Waals surface area contributed by atoms with Crippen molar-refractivity contribution in [1.29, 1.82) is 0 Å². The minimum absolute atomic E-state index is 0.0975. The summed E-state index contributed by atoms with van der Waals surface area (Å²) in [6.07, 6.45) is 3.40. The molecule has 3 aromatic rings. The number of nitrogens with zero attached hydrogens (tertiary/aromatic N) is 1. The first kappa shape index (κ1) is 18.4. The van der Waals surface area contributed by atoms with E-state index in [2.05, 4.69) is 22.2 Å². The molecule has 0 radical (unpaired) electrons. The first-order valence-electron chi connectivity index (χ1n) is 9.83. The molecule has 0 saturated carbocycles. The van der Waals surface area contributed by atoms with Gasteiger partial charge in [-0.2, -0.15) is 0 Å². The minimum Gasteiger partial charge on any atom is -0.352 e. The molecule has 5 heteroatoms. The number of rotatable bonds is 5. The van der Waals surface area contributed by atoms with Gasteiger partial charge in [0, 0.05) is 29.2 Å². The van der Waals surface area contributed by atoms with Crippen LogP contribution in [0.5, 0.6) is 0 Å². The number of amides is 1. The van der Waals surface area contributed by atoms with Crippen molar-refractivity contribution < 1.29 is 4.79 Å². The van der Waals surface area contributed by atoms with Gasteiger partial charge in [0.2, 0.25) is 0 Å². The van der Waals surface area contributed by atoms with Crippen LogP contribution in [0.1, 0.15) is 29.6 Å². The summed E-state index contributed by atoms with van der Waals surface area (Å²) in [5.74, 6) is -0.0975. The topological polar surface area (TPSA) is 65.2 Å². The Hall–Kier alpha value is -2.92. The van der Waals surface area contributed by atoms with Crippen LogP contribution in [0.2, 0.25) is 0 Å². The zero-order valence-electron chi connectivity index (χ0n) is 16.1. The summed E-state index contributed by atoms with van der Waals surface area (Å²) in [7, 11) is 2.14. The highest BCUT2D eigenvalue weighted by Gasteiger charge is 2.20. The number of hydrogen-bond donors (Lipinski definition) is 2. The normalized spacial score (nSPS) is 17.1. The van der Waals surface area contributed by atoms with Crippen LogP contribution in [0.3, 0.4) is 0 Å². The number of H-pyrrole nitrogens is 1. The molecule has 5 nitrogen and oxygen atoms in total. The quantitative estimate of drug-likeness (QED) is 0.718. The van der Waals surface area contributed by atoms with E-state index in [1.807, 2.05) is 42.5 Å². The lowest BCUT2D eigenvalue weighted by Gasteiger charge is -2.19. The van der Waals surface area contributed by atoms with E-state index in [1.165, 1.54) is 12.8 Å². The molecule has 1 saturated heterocycles. The van der Waals surface area contributed by atoms with E-state index in [1.54, 1.807) is 12.1 Å². The molecule has 1 aromatic heterocycles. The number of pyridine rings is 1. The lowest BCUT2D eigenvalue weighted by Crippen LogP contribution is -2.31. The molecule has 2 heterocycles. The van der Waals surface area contributed by atoms with Crippen LogP contribution in [0, 0.1) is 0 Å². The summed E-state index contributed by atoms with van der Waals surface area (Å²) in [4.78, 5) is 30.3. The predicted molar refractivity (Wildman–Crippen MR) is 113 cm³/mol. The summed E-state index contributed by atoms with van der Waals surface area (Å²) in [6, 6.07) is 17.4. The molecule has 1 atom stereocenters. The lowest BCUT2D eigenvalue weighted by atomic mass is 10.0. The van der Waals surface area contributed by atoms with E-state index in [0.29, 0.717) is 23.7 Å². The van der Waals surface area contributed by atoms with E-state index in [-0.39, 0.29) is 11.5 Å². The number of fused-ring (bicyclic) bond motifs is 1. The lowest BCUT2D eigenvalue weighted by molar-refractivity contribution is 0.0950. The molecule has 1 unspecified atom stereocenters. The Morgan fingerprint density at radius 3 is 2.86 bits per heavy atom. The number of benzene rings is 2. The van der Waals surface area contributed by atoms with Gasteiger partial charge in [-0.25, -0.2) is 0 Å². The zero-order valence-corrected chi connectivity index (χ0v) is 16.1. The van der Waals surface area contributed by atoms with Gasteiger partial charge >= 0.3 is 0 Å². The van der Waals surface area contributed by atoms with Crippen LogP contribution in [0.25, 0.3) is 22.0 Å². The van der Waals surface area contributed by atoms with Crippen LogP contribution < -0.4 is 10.9 Å². The Labute approximate surface area is 164 Å². The molecule has 2 aromatic carbocycles. The third kappa shape index (κ3) is 3.85. The van der Waals surface area contributed by atoms with Crippen molar-refractivity contribution in [3.05, 3.63) is 70.5 Å². The highest BCUT2D eigenvalue weighted by molar-refractivity contribution is 5.95. The number of carbonyl (C=O) groups is 1. The fraction of sp³-hybridized carbons (Fsp3) is 0.304. The molecule has 4 rings (SSSR count). The standard InChI is InChI=1S/C23H25N3O2/c1-26-13-5-9-19(26)11-12-24-22(27)18-8-4-7-16(14-18)20-15-17-6-2-3-10-21(17)25-23(20)28/h2-4,6-8,10,14-15,19H,5,9,11-13H2,1H3,(H,24,27)(H,25,28). The van der Waals surface area contributed by atoms with Crippen LogP contribution >= 0.6 is 0 Å². The average Bonchev–Trinajstić information content (AvgIpc) is 3.12. The molecular weight excluding hydrogens is 350 g/mol. The Morgan fingerprint density at radius 1 is 1.18 bits per heavy atom. The van der Waals surface area contributed by atoms with Gasteiger partial charge < -0.3 is 15.2 Å². The number of nitrogens with one attached hydrogen (secondary N) is 2. The second-order valence-electron chi connectivity index (χ2n) is 7.50. The van der Waals surface area contributed by atoms with E-state index in [9.17, 15) is 9.59 Å². The largest absolute Gasteiger partial charge is 0.352 e. The molecule has 1 fully saturated rings. The first-order chi connectivity index (χ1) is 13.6. The van der Waals surface area contributed by atoms with Crippen molar-refractivity contribution in [2.24, 2.45) is 0 Å². The summed E-state index contributed by atoms with van der Waals surface area (Å²) >= 11 is 0. The third-order valence-corrected chi connectivity index (χ3v) is 5.62. The average molecular weight is 375 g/mol. The van der Waals surface area contributed by atoms with Gasteiger partial charge in [-0.3, -0.25) is 9.59 Å². The molecule has 1 aliphatic heterocycles. The fourth-order valence-electron chi connectivity index (χ4n) is 3.99. The molecule has 2 N–H and O–H groups in total. The van der Waals surface area contributed by atoms with Gasteiger partial charge in [-0.05, 0) is 68.1 Å². The third-order valence-electron chi connectivity index (χ3n) is 5.62. The van der Waals surface area contributed by atoms with Crippen LogP contribution in [0.15, 0.2) is 59.4 Å². The van der Waals surface area contributed by atoms with Gasteiger partial charge in [0.1, 0.15) is 0 Å². The predicted octanol–water partition coefficient (Wildman–Crippen LogP) is 3.41. The van der Waals surface area contributed by atoms with Gasteiger partial charge in [0.05, 0.1) is 0 Å². The van der Waals surface area contributed by atoms with Crippen molar-refractivity contribution in [2.75, 3.05) is 20.1 Å². The summed E-state index contributed by atoms with van der Waals surface area (Å²) in [5, 5.41) is 3.98. The maximum absolute atomic E-state index is 12.6. The van der Waals surface area contributed by atoms with Gasteiger partial charge in [0.15, 0.2) is 0 Å². The van der Waals surface area contributed by atoms with Crippen molar-refractivity contribution in [1.82, 2.24) is 15.2 Å². The van der Waals surface area contributed by atoms with E-state index in [4.69, 9.17) is 0 Å². The molecule has 0 bridgehead atoms. The van der Waals surface area contributed by atoms with Crippen molar-refractivity contribution in [3.63, 3.8) is 0 Å². The molecule has 0 aliphatic carbocycles. The first-order valence-corrected chi connectivity index (χ1v) is 9.83. The van der Waals surface area contributed by atoms with Crippen molar-refractivity contribution >= 4 is 16.8 Å². The number of para-hydroxylation sites is 1. The second kappa shape index (κ2) is 7.98. The monoisotopic (exact) mass is 375 g/mol. The van der Waals surface area contributed by atoms with Crippen molar-refractivity contribution in [3.8, 4) is 11.1 Å². The van der Waals surface area contributed by atoms with E-state index in [0.717, 1.165) is 29.4 Å². The highest BCUT2D eigenvalue weighted by atomic mass is 16.1. The van der Waals surface area contributed by atoms with Crippen LogP contribution in [-0.4, -0.2) is 42.0 Å². The molecule has 0 spiro atoms. The molecule has 144 valence electrons. The molecular formula is C23H25N3O2. The summed E-state index contributed by atoms with van der Waals surface area (Å²) < 4.78 is 0. The number of carbonyl (C=O) groups excluding carboxylic acids is 1. The Bertz CT molecular complexity index is 1060. The maximum atomic E-state index is 12.6. The van der Waals surface area contributed by atoms with Gasteiger partial charge in [-0.15, -0.1) is 0 Å². The van der Waals surface area contributed by atoms with E-state index >= 15 is 0 Å². The zero-order chi connectivity index (χ0) is 19.5. The number of hydrogen-bond acceptors (Lipinski definition) is 3. The molecule has 1 amide bonds. The Balaban J connectivity index is 1.50. The summed E-state index contributed by atoms with van der Waals surface area (Å²) in [5.41, 5.74) is 2.54. The van der Waals surface area contributed by atoms with Crippen molar-refractivity contribution in [2.45, 2.75) is 25.3 Å². The van der Waals surface area contributed by atoms with E-state index < -0.39 is 0 Å². The Morgan fingerprint density at radius 2 is 2.04 bits per heavy atom. The van der Waals surface area contributed by atoms with Gasteiger partial charge in [0.25, 0.3) is 11.5 Å². The van der Waals surface area contributed by atoms with Gasteiger partial charge in [-0.1, -0.05) is 30.3 Å². The number of aromatic amines is 1.